The van der Waals surface area contributed by atoms with E-state index in [1.165, 1.54) is 11.3 Å². The summed E-state index contributed by atoms with van der Waals surface area (Å²) < 4.78 is -0.0722. The number of ketones is 1. The highest BCUT2D eigenvalue weighted by Gasteiger charge is 2.36. The van der Waals surface area contributed by atoms with E-state index in [1.54, 1.807) is 11.3 Å². The van der Waals surface area contributed by atoms with Gasteiger partial charge in [0.05, 0.1) is 4.75 Å². The van der Waals surface area contributed by atoms with Crippen LogP contribution < -0.4 is 0 Å². The van der Waals surface area contributed by atoms with E-state index in [2.05, 4.69) is 24.4 Å². The molecular formula is C12H16OS2. The van der Waals surface area contributed by atoms with E-state index >= 15 is 0 Å². The maximum atomic E-state index is 12.0. The van der Waals surface area contributed by atoms with Crippen LogP contribution in [-0.4, -0.2) is 16.3 Å². The van der Waals surface area contributed by atoms with Crippen LogP contribution in [0.3, 0.4) is 0 Å². The lowest BCUT2D eigenvalue weighted by atomic mass is 9.97. The average Bonchev–Trinajstić information content (AvgIpc) is 2.85. The Morgan fingerprint density at radius 3 is 3.07 bits per heavy atom. The zero-order valence-electron chi connectivity index (χ0n) is 8.99. The molecule has 1 aliphatic heterocycles. The first-order valence-electron chi connectivity index (χ1n) is 5.40. The Morgan fingerprint density at radius 2 is 2.47 bits per heavy atom. The lowest BCUT2D eigenvalue weighted by Crippen LogP contribution is -2.28. The van der Waals surface area contributed by atoms with Crippen LogP contribution in [0.25, 0.3) is 0 Å². The zero-order valence-corrected chi connectivity index (χ0v) is 10.6. The van der Waals surface area contributed by atoms with Crippen molar-refractivity contribution in [2.45, 2.75) is 37.4 Å². The van der Waals surface area contributed by atoms with Crippen molar-refractivity contribution in [3.63, 3.8) is 0 Å². The Kier molecular flexibility index (Phi) is 3.52. The van der Waals surface area contributed by atoms with E-state index in [0.717, 1.165) is 18.6 Å². The molecule has 1 aromatic heterocycles. The van der Waals surface area contributed by atoms with Crippen LogP contribution in [0.4, 0.5) is 0 Å². The molecule has 82 valence electrons. The monoisotopic (exact) mass is 240 g/mol. The SMILES string of the molecule is CC1(C(=O)CCc2cccs2)CCCS1. The van der Waals surface area contributed by atoms with Crippen molar-refractivity contribution in [1.29, 1.82) is 0 Å². The summed E-state index contributed by atoms with van der Waals surface area (Å²) in [5.41, 5.74) is 0. The number of aryl methyl sites for hydroxylation is 1. The summed E-state index contributed by atoms with van der Waals surface area (Å²) in [6.07, 6.45) is 3.91. The van der Waals surface area contributed by atoms with Gasteiger partial charge in [0.1, 0.15) is 5.78 Å². The molecule has 1 aliphatic rings. The molecule has 1 saturated heterocycles. The molecule has 0 bridgehead atoms. The van der Waals surface area contributed by atoms with Crippen molar-refractivity contribution in [2.24, 2.45) is 0 Å². The summed E-state index contributed by atoms with van der Waals surface area (Å²) >= 11 is 3.59. The normalized spacial score (nSPS) is 25.7. The van der Waals surface area contributed by atoms with Crippen LogP contribution in [0, 0.1) is 0 Å². The van der Waals surface area contributed by atoms with Crippen molar-refractivity contribution in [3.05, 3.63) is 22.4 Å². The predicted molar refractivity (Wildman–Crippen MR) is 67.7 cm³/mol. The highest BCUT2D eigenvalue weighted by atomic mass is 32.2. The molecule has 1 nitrogen and oxygen atoms in total. The van der Waals surface area contributed by atoms with E-state index in [-0.39, 0.29) is 4.75 Å². The first-order chi connectivity index (χ1) is 7.21. The molecule has 0 amide bonds. The van der Waals surface area contributed by atoms with Crippen LogP contribution in [0.2, 0.25) is 0 Å². The topological polar surface area (TPSA) is 17.1 Å². The van der Waals surface area contributed by atoms with Gasteiger partial charge in [-0.15, -0.1) is 23.1 Å². The van der Waals surface area contributed by atoms with Gasteiger partial charge in [-0.1, -0.05) is 6.07 Å². The molecule has 0 spiro atoms. The van der Waals surface area contributed by atoms with E-state index < -0.39 is 0 Å². The van der Waals surface area contributed by atoms with Gasteiger partial charge in [0.15, 0.2) is 0 Å². The van der Waals surface area contributed by atoms with Crippen molar-refractivity contribution in [3.8, 4) is 0 Å². The summed E-state index contributed by atoms with van der Waals surface area (Å²) in [5.74, 6) is 1.60. The third kappa shape index (κ3) is 2.64. The fourth-order valence-electron chi connectivity index (χ4n) is 1.95. The molecule has 1 atom stereocenters. The highest BCUT2D eigenvalue weighted by molar-refractivity contribution is 8.01. The molecule has 2 rings (SSSR count). The van der Waals surface area contributed by atoms with Crippen LogP contribution in [-0.2, 0) is 11.2 Å². The predicted octanol–water partition coefficient (Wildman–Crippen LogP) is 3.54. The second kappa shape index (κ2) is 4.71. The third-order valence-electron chi connectivity index (χ3n) is 2.99. The first-order valence-corrected chi connectivity index (χ1v) is 7.27. The molecular weight excluding hydrogens is 224 g/mol. The standard InChI is InChI=1S/C12H16OS2/c1-12(7-3-9-15-12)11(13)6-5-10-4-2-8-14-10/h2,4,8H,3,5-7,9H2,1H3. The van der Waals surface area contributed by atoms with Gasteiger partial charge in [-0.2, -0.15) is 0 Å². The molecule has 0 aliphatic carbocycles. The van der Waals surface area contributed by atoms with Crippen molar-refractivity contribution >= 4 is 28.9 Å². The number of Topliss-reactive ketones (excluding diaryl/α,β-unsaturated/α-hetero) is 1. The summed E-state index contributed by atoms with van der Waals surface area (Å²) in [6, 6.07) is 4.17. The minimum atomic E-state index is -0.0722. The van der Waals surface area contributed by atoms with Crippen LogP contribution in [0.5, 0.6) is 0 Å². The molecule has 15 heavy (non-hydrogen) atoms. The molecule has 2 heterocycles. The van der Waals surface area contributed by atoms with Gasteiger partial charge in [0.25, 0.3) is 0 Å². The molecule has 0 N–H and O–H groups in total. The Balaban J connectivity index is 1.87. The van der Waals surface area contributed by atoms with E-state index in [0.29, 0.717) is 12.2 Å². The Hall–Kier alpha value is -0.280. The smallest absolute Gasteiger partial charge is 0.148 e. The van der Waals surface area contributed by atoms with Gasteiger partial charge in [-0.05, 0) is 43.4 Å². The maximum Gasteiger partial charge on any atom is 0.148 e. The number of hydrogen-bond acceptors (Lipinski definition) is 3. The Labute approximate surface area is 99.3 Å². The maximum absolute atomic E-state index is 12.0. The van der Waals surface area contributed by atoms with Crippen LogP contribution in [0.15, 0.2) is 17.5 Å². The molecule has 0 radical (unpaired) electrons. The van der Waals surface area contributed by atoms with Crippen molar-refractivity contribution in [2.75, 3.05) is 5.75 Å². The number of rotatable bonds is 4. The van der Waals surface area contributed by atoms with Gasteiger partial charge in [0, 0.05) is 11.3 Å². The van der Waals surface area contributed by atoms with E-state index in [9.17, 15) is 4.79 Å². The zero-order chi connectivity index (χ0) is 10.7. The molecule has 1 unspecified atom stereocenters. The number of thiophene rings is 1. The van der Waals surface area contributed by atoms with Crippen molar-refractivity contribution < 1.29 is 4.79 Å². The molecule has 1 fully saturated rings. The van der Waals surface area contributed by atoms with Crippen LogP contribution >= 0.6 is 23.1 Å². The average molecular weight is 240 g/mol. The second-order valence-corrected chi connectivity index (χ2v) is 6.82. The number of carbonyl (C=O) groups is 1. The fourth-order valence-corrected chi connectivity index (χ4v) is 3.95. The molecule has 0 aromatic carbocycles. The van der Waals surface area contributed by atoms with Gasteiger partial charge in [-0.3, -0.25) is 4.79 Å². The molecule has 3 heteroatoms. The molecule has 0 saturated carbocycles. The van der Waals surface area contributed by atoms with Gasteiger partial charge in [0.2, 0.25) is 0 Å². The van der Waals surface area contributed by atoms with Crippen molar-refractivity contribution in [1.82, 2.24) is 0 Å². The fraction of sp³-hybridized carbons (Fsp3) is 0.583. The summed E-state index contributed by atoms with van der Waals surface area (Å²) in [5, 5.41) is 2.08. The lowest BCUT2D eigenvalue weighted by Gasteiger charge is -2.20. The summed E-state index contributed by atoms with van der Waals surface area (Å²) in [4.78, 5) is 13.4. The number of hydrogen-bond donors (Lipinski definition) is 0. The van der Waals surface area contributed by atoms with Gasteiger partial charge >= 0.3 is 0 Å². The summed E-state index contributed by atoms with van der Waals surface area (Å²) in [6.45, 7) is 2.11. The van der Waals surface area contributed by atoms with Gasteiger partial charge < -0.3 is 0 Å². The minimum absolute atomic E-state index is 0.0722. The quantitative estimate of drug-likeness (QED) is 0.801. The lowest BCUT2D eigenvalue weighted by molar-refractivity contribution is -0.121. The van der Waals surface area contributed by atoms with E-state index in [4.69, 9.17) is 0 Å². The van der Waals surface area contributed by atoms with Gasteiger partial charge in [-0.25, -0.2) is 0 Å². The third-order valence-corrected chi connectivity index (χ3v) is 5.49. The number of thioether (sulfide) groups is 1. The first kappa shape index (κ1) is 11.2. The van der Waals surface area contributed by atoms with E-state index in [1.807, 2.05) is 11.8 Å². The highest BCUT2D eigenvalue weighted by Crippen LogP contribution is 2.39. The number of carbonyl (C=O) groups excluding carboxylic acids is 1. The largest absolute Gasteiger partial charge is 0.298 e. The Bertz CT molecular complexity index is 323. The van der Waals surface area contributed by atoms with Crippen LogP contribution in [0.1, 0.15) is 31.1 Å². The second-order valence-electron chi connectivity index (χ2n) is 4.19. The summed E-state index contributed by atoms with van der Waals surface area (Å²) in [7, 11) is 0. The Morgan fingerprint density at radius 1 is 1.60 bits per heavy atom. The minimum Gasteiger partial charge on any atom is -0.298 e. The molecule has 1 aromatic rings.